The van der Waals surface area contributed by atoms with Gasteiger partial charge in [0, 0.05) is 56.7 Å². The second-order valence-electron chi connectivity index (χ2n) is 6.26. The Morgan fingerprint density at radius 3 is 2.16 bits per heavy atom. The zero-order valence-corrected chi connectivity index (χ0v) is 16.0. The largest absolute Gasteiger partial charge is 0.378 e. The Hall–Kier alpha value is -1.76. The van der Waals surface area contributed by atoms with Gasteiger partial charge in [0.15, 0.2) is 0 Å². The zero-order valence-electron chi connectivity index (χ0n) is 14.4. The quantitative estimate of drug-likeness (QED) is 0.819. The molecular formula is C18H22ClN3O2S. The van der Waals surface area contributed by atoms with Gasteiger partial charge in [-0.25, -0.2) is 8.42 Å². The van der Waals surface area contributed by atoms with Crippen molar-refractivity contribution >= 4 is 33.0 Å². The van der Waals surface area contributed by atoms with Crippen LogP contribution in [0.3, 0.4) is 0 Å². The van der Waals surface area contributed by atoms with E-state index < -0.39 is 10.0 Å². The maximum atomic E-state index is 12.7. The average Bonchev–Trinajstić information content (AvgIpc) is 2.62. The average molecular weight is 380 g/mol. The van der Waals surface area contributed by atoms with Gasteiger partial charge in [0.1, 0.15) is 0 Å². The van der Waals surface area contributed by atoms with Crippen molar-refractivity contribution in [2.75, 3.05) is 50.1 Å². The fourth-order valence-corrected chi connectivity index (χ4v) is 4.65. The third-order valence-corrected chi connectivity index (χ3v) is 6.53. The predicted octanol–water partition coefficient (Wildman–Crippen LogP) is 2.92. The first-order valence-electron chi connectivity index (χ1n) is 8.16. The van der Waals surface area contributed by atoms with Crippen molar-refractivity contribution < 1.29 is 8.42 Å². The van der Waals surface area contributed by atoms with Crippen molar-refractivity contribution in [1.29, 1.82) is 0 Å². The van der Waals surface area contributed by atoms with E-state index in [0.717, 1.165) is 11.4 Å². The van der Waals surface area contributed by atoms with Crippen LogP contribution < -0.4 is 9.80 Å². The van der Waals surface area contributed by atoms with Gasteiger partial charge >= 0.3 is 0 Å². The van der Waals surface area contributed by atoms with Crippen molar-refractivity contribution in [3.8, 4) is 0 Å². The first-order chi connectivity index (χ1) is 11.9. The minimum absolute atomic E-state index is 0.254. The molecule has 2 aromatic carbocycles. The molecule has 1 saturated heterocycles. The molecule has 0 atom stereocenters. The van der Waals surface area contributed by atoms with Gasteiger partial charge in [-0.1, -0.05) is 17.7 Å². The predicted molar refractivity (Wildman–Crippen MR) is 103 cm³/mol. The van der Waals surface area contributed by atoms with E-state index in [2.05, 4.69) is 34.1 Å². The van der Waals surface area contributed by atoms with Crippen LogP contribution in [0.15, 0.2) is 53.4 Å². The van der Waals surface area contributed by atoms with Crippen LogP contribution in [-0.2, 0) is 10.0 Å². The summed E-state index contributed by atoms with van der Waals surface area (Å²) in [5.41, 5.74) is 2.26. The summed E-state index contributed by atoms with van der Waals surface area (Å²) in [5.74, 6) is 0. The number of nitrogens with zero attached hydrogens (tertiary/aromatic N) is 3. The standard InChI is InChI=1S/C18H22ClN3O2S/c1-20(2)16-6-8-17(9-7-16)21-10-12-22(13-11-21)25(23,24)18-5-3-4-15(19)14-18/h3-9,14H,10-13H2,1-2H3. The number of sulfonamides is 1. The first-order valence-corrected chi connectivity index (χ1v) is 9.98. The molecule has 0 bridgehead atoms. The van der Waals surface area contributed by atoms with Crippen LogP contribution >= 0.6 is 11.6 Å². The number of anilines is 2. The van der Waals surface area contributed by atoms with Gasteiger partial charge in [0.25, 0.3) is 0 Å². The van der Waals surface area contributed by atoms with Crippen LogP contribution in [0, 0.1) is 0 Å². The molecule has 134 valence electrons. The molecule has 0 unspecified atom stereocenters. The van der Waals surface area contributed by atoms with E-state index in [-0.39, 0.29) is 4.90 Å². The summed E-state index contributed by atoms with van der Waals surface area (Å²) < 4.78 is 27.0. The second-order valence-corrected chi connectivity index (χ2v) is 8.63. The van der Waals surface area contributed by atoms with E-state index in [1.165, 1.54) is 10.4 Å². The molecule has 2 aromatic rings. The van der Waals surface area contributed by atoms with Crippen LogP contribution in [0.1, 0.15) is 0 Å². The summed E-state index contributed by atoms with van der Waals surface area (Å²) in [6, 6.07) is 14.7. The Balaban J connectivity index is 1.69. The van der Waals surface area contributed by atoms with E-state index in [0.29, 0.717) is 31.2 Å². The fourth-order valence-electron chi connectivity index (χ4n) is 2.92. The summed E-state index contributed by atoms with van der Waals surface area (Å²) in [4.78, 5) is 4.52. The number of halogens is 1. The molecule has 1 aliphatic rings. The van der Waals surface area contributed by atoms with Gasteiger partial charge in [-0.2, -0.15) is 4.31 Å². The van der Waals surface area contributed by atoms with Gasteiger partial charge in [0.05, 0.1) is 4.90 Å². The van der Waals surface area contributed by atoms with E-state index in [1.54, 1.807) is 18.2 Å². The normalized spacial score (nSPS) is 16.0. The van der Waals surface area contributed by atoms with Crippen LogP contribution in [0.5, 0.6) is 0 Å². The molecule has 1 aliphatic heterocycles. The van der Waals surface area contributed by atoms with Crippen LogP contribution in [0.2, 0.25) is 5.02 Å². The topological polar surface area (TPSA) is 43.9 Å². The lowest BCUT2D eigenvalue weighted by molar-refractivity contribution is 0.385. The lowest BCUT2D eigenvalue weighted by atomic mass is 10.2. The van der Waals surface area contributed by atoms with Crippen molar-refractivity contribution in [3.05, 3.63) is 53.6 Å². The molecule has 5 nitrogen and oxygen atoms in total. The smallest absolute Gasteiger partial charge is 0.243 e. The number of hydrogen-bond acceptors (Lipinski definition) is 4. The number of benzene rings is 2. The first kappa shape index (κ1) is 18.0. The van der Waals surface area contributed by atoms with Crippen LogP contribution in [-0.4, -0.2) is 53.0 Å². The Morgan fingerprint density at radius 1 is 0.960 bits per heavy atom. The Kier molecular flexibility index (Phi) is 5.22. The van der Waals surface area contributed by atoms with Crippen molar-refractivity contribution in [1.82, 2.24) is 4.31 Å². The molecule has 3 rings (SSSR count). The van der Waals surface area contributed by atoms with E-state index >= 15 is 0 Å². The van der Waals surface area contributed by atoms with Crippen molar-refractivity contribution in [3.63, 3.8) is 0 Å². The molecule has 0 aliphatic carbocycles. The number of rotatable bonds is 4. The highest BCUT2D eigenvalue weighted by Crippen LogP contribution is 2.24. The Bertz CT molecular complexity index is 830. The second kappa shape index (κ2) is 7.23. The van der Waals surface area contributed by atoms with Crippen molar-refractivity contribution in [2.45, 2.75) is 4.90 Å². The van der Waals surface area contributed by atoms with Gasteiger partial charge in [-0.05, 0) is 42.5 Å². The minimum Gasteiger partial charge on any atom is -0.378 e. The molecule has 7 heteroatoms. The molecule has 25 heavy (non-hydrogen) atoms. The third-order valence-electron chi connectivity index (χ3n) is 4.40. The third kappa shape index (κ3) is 3.92. The SMILES string of the molecule is CN(C)c1ccc(N2CCN(S(=O)(=O)c3cccc(Cl)c3)CC2)cc1. The number of piperazine rings is 1. The summed E-state index contributed by atoms with van der Waals surface area (Å²) in [5, 5.41) is 0.431. The molecule has 0 spiro atoms. The highest BCUT2D eigenvalue weighted by Gasteiger charge is 2.28. The zero-order chi connectivity index (χ0) is 18.0. The van der Waals surface area contributed by atoms with Gasteiger partial charge < -0.3 is 9.80 Å². The van der Waals surface area contributed by atoms with E-state index in [4.69, 9.17) is 11.6 Å². The molecule has 1 heterocycles. The summed E-state index contributed by atoms with van der Waals surface area (Å²) in [6.07, 6.45) is 0. The van der Waals surface area contributed by atoms with Crippen LogP contribution in [0.4, 0.5) is 11.4 Å². The van der Waals surface area contributed by atoms with Crippen molar-refractivity contribution in [2.24, 2.45) is 0 Å². The van der Waals surface area contributed by atoms with Gasteiger partial charge in [0.2, 0.25) is 10.0 Å². The molecule has 0 aromatic heterocycles. The van der Waals surface area contributed by atoms with E-state index in [9.17, 15) is 8.42 Å². The highest BCUT2D eigenvalue weighted by molar-refractivity contribution is 7.89. The summed E-state index contributed by atoms with van der Waals surface area (Å²) >= 11 is 5.93. The molecule has 0 N–H and O–H groups in total. The highest BCUT2D eigenvalue weighted by atomic mass is 35.5. The molecular weight excluding hydrogens is 358 g/mol. The lowest BCUT2D eigenvalue weighted by Gasteiger charge is -2.35. The summed E-state index contributed by atoms with van der Waals surface area (Å²) in [7, 11) is 0.524. The monoisotopic (exact) mass is 379 g/mol. The van der Waals surface area contributed by atoms with E-state index in [1.807, 2.05) is 14.1 Å². The van der Waals surface area contributed by atoms with Gasteiger partial charge in [-0.3, -0.25) is 0 Å². The Morgan fingerprint density at radius 2 is 1.60 bits per heavy atom. The maximum absolute atomic E-state index is 12.7. The molecule has 0 radical (unpaired) electrons. The maximum Gasteiger partial charge on any atom is 0.243 e. The lowest BCUT2D eigenvalue weighted by Crippen LogP contribution is -2.48. The van der Waals surface area contributed by atoms with Crippen LogP contribution in [0.25, 0.3) is 0 Å². The summed E-state index contributed by atoms with van der Waals surface area (Å²) in [6.45, 7) is 2.26. The molecule has 0 amide bonds. The fraction of sp³-hybridized carbons (Fsp3) is 0.333. The minimum atomic E-state index is -3.49. The number of hydrogen-bond donors (Lipinski definition) is 0. The molecule has 0 saturated carbocycles. The van der Waals surface area contributed by atoms with Gasteiger partial charge in [-0.15, -0.1) is 0 Å². The Labute approximate surface area is 154 Å². The molecule has 1 fully saturated rings.